The quantitative estimate of drug-likeness (QED) is 0.916. The Labute approximate surface area is 110 Å². The van der Waals surface area contributed by atoms with Gasteiger partial charge >= 0.3 is 0 Å². The SMILES string of the molecule is CN(Cc1ccsc1)c1c(Cl)cccc1CO. The van der Waals surface area contributed by atoms with Crippen LogP contribution in [0.15, 0.2) is 35.0 Å². The Morgan fingerprint density at radius 3 is 2.82 bits per heavy atom. The fourth-order valence-corrected chi connectivity index (χ4v) is 2.85. The largest absolute Gasteiger partial charge is 0.392 e. The van der Waals surface area contributed by atoms with E-state index in [9.17, 15) is 5.11 Å². The minimum Gasteiger partial charge on any atom is -0.392 e. The van der Waals surface area contributed by atoms with Gasteiger partial charge in [0.15, 0.2) is 0 Å². The van der Waals surface area contributed by atoms with E-state index in [-0.39, 0.29) is 6.61 Å². The van der Waals surface area contributed by atoms with Gasteiger partial charge in [-0.2, -0.15) is 11.3 Å². The summed E-state index contributed by atoms with van der Waals surface area (Å²) in [7, 11) is 1.98. The van der Waals surface area contributed by atoms with Crippen molar-refractivity contribution in [2.45, 2.75) is 13.2 Å². The van der Waals surface area contributed by atoms with Gasteiger partial charge in [-0.3, -0.25) is 0 Å². The molecule has 4 heteroatoms. The molecule has 0 saturated carbocycles. The fourth-order valence-electron chi connectivity index (χ4n) is 1.85. The molecule has 2 rings (SSSR count). The summed E-state index contributed by atoms with van der Waals surface area (Å²) in [5.41, 5.74) is 3.01. The first kappa shape index (κ1) is 12.4. The van der Waals surface area contributed by atoms with E-state index < -0.39 is 0 Å². The van der Waals surface area contributed by atoms with Crippen LogP contribution in [0.5, 0.6) is 0 Å². The maximum atomic E-state index is 9.33. The minimum absolute atomic E-state index is 0.00384. The van der Waals surface area contributed by atoms with Crippen molar-refractivity contribution in [1.82, 2.24) is 0 Å². The Morgan fingerprint density at radius 1 is 1.35 bits per heavy atom. The topological polar surface area (TPSA) is 23.5 Å². The predicted octanol–water partition coefficient (Wildman–Crippen LogP) is 3.53. The van der Waals surface area contributed by atoms with Gasteiger partial charge in [-0.15, -0.1) is 0 Å². The molecule has 2 aromatic rings. The Kier molecular flexibility index (Phi) is 4.05. The van der Waals surface area contributed by atoms with E-state index in [1.54, 1.807) is 11.3 Å². The number of benzene rings is 1. The van der Waals surface area contributed by atoms with Gasteiger partial charge in [0.1, 0.15) is 0 Å². The number of hydrogen-bond donors (Lipinski definition) is 1. The Hall–Kier alpha value is -1.03. The molecule has 0 aliphatic rings. The van der Waals surface area contributed by atoms with Crippen molar-refractivity contribution in [2.24, 2.45) is 0 Å². The molecule has 2 nitrogen and oxygen atoms in total. The van der Waals surface area contributed by atoms with Gasteiger partial charge in [-0.25, -0.2) is 0 Å². The molecule has 1 N–H and O–H groups in total. The number of anilines is 1. The van der Waals surface area contributed by atoms with Gasteiger partial charge in [-0.1, -0.05) is 23.7 Å². The highest BCUT2D eigenvalue weighted by Gasteiger charge is 2.11. The zero-order valence-corrected chi connectivity index (χ0v) is 11.1. The molecule has 0 atom stereocenters. The highest BCUT2D eigenvalue weighted by Crippen LogP contribution is 2.30. The summed E-state index contributed by atoms with van der Waals surface area (Å²) in [5, 5.41) is 14.2. The van der Waals surface area contributed by atoms with E-state index in [0.717, 1.165) is 17.8 Å². The molecule has 0 aliphatic heterocycles. The summed E-state index contributed by atoms with van der Waals surface area (Å²) in [4.78, 5) is 2.07. The second-order valence-corrected chi connectivity index (χ2v) is 5.08. The number of aliphatic hydroxyl groups excluding tert-OH is 1. The van der Waals surface area contributed by atoms with Gasteiger partial charge < -0.3 is 10.0 Å². The minimum atomic E-state index is 0.00384. The van der Waals surface area contributed by atoms with Crippen LogP contribution in [-0.4, -0.2) is 12.2 Å². The molecule has 0 fully saturated rings. The summed E-state index contributed by atoms with van der Waals surface area (Å²) >= 11 is 7.87. The lowest BCUT2D eigenvalue weighted by molar-refractivity contribution is 0.282. The Bertz CT molecular complexity index is 484. The number of aliphatic hydroxyl groups is 1. The maximum absolute atomic E-state index is 9.33. The van der Waals surface area contributed by atoms with Crippen molar-refractivity contribution >= 4 is 28.6 Å². The number of halogens is 1. The zero-order valence-electron chi connectivity index (χ0n) is 9.56. The van der Waals surface area contributed by atoms with E-state index in [0.29, 0.717) is 5.02 Å². The summed E-state index contributed by atoms with van der Waals surface area (Å²) in [6.45, 7) is 0.796. The van der Waals surface area contributed by atoms with Gasteiger partial charge in [0.2, 0.25) is 0 Å². The maximum Gasteiger partial charge on any atom is 0.0702 e. The van der Waals surface area contributed by atoms with Crippen molar-refractivity contribution in [3.63, 3.8) is 0 Å². The van der Waals surface area contributed by atoms with Crippen molar-refractivity contribution in [3.8, 4) is 0 Å². The molecule has 0 unspecified atom stereocenters. The van der Waals surface area contributed by atoms with Crippen LogP contribution in [0.2, 0.25) is 5.02 Å². The summed E-state index contributed by atoms with van der Waals surface area (Å²) < 4.78 is 0. The molecule has 1 heterocycles. The van der Waals surface area contributed by atoms with E-state index >= 15 is 0 Å². The van der Waals surface area contributed by atoms with Gasteiger partial charge in [0.05, 0.1) is 17.3 Å². The number of hydrogen-bond acceptors (Lipinski definition) is 3. The highest BCUT2D eigenvalue weighted by atomic mass is 35.5. The van der Waals surface area contributed by atoms with Crippen LogP contribution >= 0.6 is 22.9 Å². The Balaban J connectivity index is 2.26. The number of nitrogens with zero attached hydrogens (tertiary/aromatic N) is 1. The van der Waals surface area contributed by atoms with Crippen LogP contribution in [-0.2, 0) is 13.2 Å². The predicted molar refractivity (Wildman–Crippen MR) is 73.8 cm³/mol. The van der Waals surface area contributed by atoms with E-state index in [1.165, 1.54) is 5.56 Å². The average molecular weight is 268 g/mol. The molecule has 0 amide bonds. The highest BCUT2D eigenvalue weighted by molar-refractivity contribution is 7.07. The third kappa shape index (κ3) is 2.80. The third-order valence-electron chi connectivity index (χ3n) is 2.62. The van der Waals surface area contributed by atoms with Crippen molar-refractivity contribution in [3.05, 3.63) is 51.2 Å². The molecule has 0 aliphatic carbocycles. The normalized spacial score (nSPS) is 10.5. The number of para-hydroxylation sites is 1. The third-order valence-corrected chi connectivity index (χ3v) is 3.66. The molecule has 0 saturated heterocycles. The fraction of sp³-hybridized carbons (Fsp3) is 0.231. The lowest BCUT2D eigenvalue weighted by Gasteiger charge is -2.22. The van der Waals surface area contributed by atoms with E-state index in [4.69, 9.17) is 11.6 Å². The molecule has 1 aromatic carbocycles. The first-order valence-electron chi connectivity index (χ1n) is 5.33. The zero-order chi connectivity index (χ0) is 12.3. The van der Waals surface area contributed by atoms with Crippen LogP contribution in [0.4, 0.5) is 5.69 Å². The first-order chi connectivity index (χ1) is 8.22. The van der Waals surface area contributed by atoms with Gasteiger partial charge in [-0.05, 0) is 28.5 Å². The van der Waals surface area contributed by atoms with Gasteiger partial charge in [0.25, 0.3) is 0 Å². The lowest BCUT2D eigenvalue weighted by Crippen LogP contribution is -2.18. The monoisotopic (exact) mass is 267 g/mol. The van der Waals surface area contributed by atoms with Crippen LogP contribution in [0.1, 0.15) is 11.1 Å². The standard InChI is InChI=1S/C13H14ClNOS/c1-15(7-10-5-6-17-9-10)13-11(8-16)3-2-4-12(13)14/h2-6,9,16H,7-8H2,1H3. The second-order valence-electron chi connectivity index (χ2n) is 3.89. The number of thiophene rings is 1. The summed E-state index contributed by atoms with van der Waals surface area (Å²) in [6.07, 6.45) is 0. The molecule has 17 heavy (non-hydrogen) atoms. The lowest BCUT2D eigenvalue weighted by atomic mass is 10.1. The second kappa shape index (κ2) is 5.54. The summed E-state index contributed by atoms with van der Waals surface area (Å²) in [6, 6.07) is 7.69. The number of rotatable bonds is 4. The summed E-state index contributed by atoms with van der Waals surface area (Å²) in [5.74, 6) is 0. The average Bonchev–Trinajstić information content (AvgIpc) is 2.81. The van der Waals surface area contributed by atoms with Gasteiger partial charge in [0, 0.05) is 19.2 Å². The van der Waals surface area contributed by atoms with Crippen molar-refractivity contribution in [1.29, 1.82) is 0 Å². The molecule has 90 valence electrons. The molecule has 1 aromatic heterocycles. The molecule has 0 radical (unpaired) electrons. The first-order valence-corrected chi connectivity index (χ1v) is 6.65. The van der Waals surface area contributed by atoms with Crippen LogP contribution in [0.25, 0.3) is 0 Å². The smallest absolute Gasteiger partial charge is 0.0702 e. The molecule has 0 bridgehead atoms. The van der Waals surface area contributed by atoms with Crippen molar-refractivity contribution < 1.29 is 5.11 Å². The van der Waals surface area contributed by atoms with E-state index in [2.05, 4.69) is 21.7 Å². The van der Waals surface area contributed by atoms with E-state index in [1.807, 2.05) is 25.2 Å². The van der Waals surface area contributed by atoms with Crippen molar-refractivity contribution in [2.75, 3.05) is 11.9 Å². The van der Waals surface area contributed by atoms with Crippen LogP contribution < -0.4 is 4.90 Å². The molecule has 0 spiro atoms. The van der Waals surface area contributed by atoms with Crippen LogP contribution in [0, 0.1) is 0 Å². The molecular weight excluding hydrogens is 254 g/mol. The molecular formula is C13H14ClNOS. The Morgan fingerprint density at radius 2 is 2.18 bits per heavy atom. The van der Waals surface area contributed by atoms with Crippen LogP contribution in [0.3, 0.4) is 0 Å².